The Morgan fingerprint density at radius 1 is 1.22 bits per heavy atom. The van der Waals surface area contributed by atoms with Crippen LogP contribution in [0, 0.1) is 0 Å². The molecular formula is C16H15F3N2OS. The molecule has 1 aliphatic carbocycles. The Kier molecular flexibility index (Phi) is 4.48. The maximum absolute atomic E-state index is 13.0. The second-order valence-corrected chi connectivity index (χ2v) is 6.55. The number of carbonyl (C=O) groups is 1. The van der Waals surface area contributed by atoms with Crippen molar-refractivity contribution in [1.82, 2.24) is 5.32 Å². The van der Waals surface area contributed by atoms with Crippen molar-refractivity contribution in [3.05, 3.63) is 40.3 Å². The monoisotopic (exact) mass is 340 g/mol. The van der Waals surface area contributed by atoms with Gasteiger partial charge in [-0.15, -0.1) is 0 Å². The Morgan fingerprint density at radius 3 is 2.61 bits per heavy atom. The predicted molar refractivity (Wildman–Crippen MR) is 84.8 cm³/mol. The summed E-state index contributed by atoms with van der Waals surface area (Å²) in [6, 6.07) is 5.43. The van der Waals surface area contributed by atoms with Gasteiger partial charge in [0.2, 0.25) is 0 Å². The van der Waals surface area contributed by atoms with Crippen LogP contribution >= 0.6 is 11.8 Å². The van der Waals surface area contributed by atoms with Crippen molar-refractivity contribution in [2.24, 2.45) is 4.99 Å². The van der Waals surface area contributed by atoms with E-state index in [1.165, 1.54) is 24.3 Å². The molecule has 2 fully saturated rings. The van der Waals surface area contributed by atoms with E-state index in [9.17, 15) is 18.0 Å². The van der Waals surface area contributed by atoms with Gasteiger partial charge in [-0.1, -0.05) is 31.0 Å². The van der Waals surface area contributed by atoms with Gasteiger partial charge in [-0.25, -0.2) is 0 Å². The molecular weight excluding hydrogens is 325 g/mol. The van der Waals surface area contributed by atoms with E-state index in [2.05, 4.69) is 10.3 Å². The highest BCUT2D eigenvalue weighted by Gasteiger charge is 2.33. The SMILES string of the molecule is O=C1NC(=NC2CCCC2)SC1=Cc1ccccc1C(F)(F)F. The molecule has 2 aliphatic rings. The number of hydrogen-bond donors (Lipinski definition) is 1. The number of nitrogens with one attached hydrogen (secondary N) is 1. The Labute approximate surface area is 136 Å². The van der Waals surface area contributed by atoms with Gasteiger partial charge in [-0.3, -0.25) is 9.79 Å². The lowest BCUT2D eigenvalue weighted by Crippen LogP contribution is -2.21. The molecule has 1 aromatic rings. The van der Waals surface area contributed by atoms with Crippen LogP contribution in [-0.2, 0) is 11.0 Å². The van der Waals surface area contributed by atoms with Crippen molar-refractivity contribution in [3.8, 4) is 0 Å². The molecule has 1 heterocycles. The number of rotatable bonds is 2. The van der Waals surface area contributed by atoms with Gasteiger partial charge in [-0.2, -0.15) is 13.2 Å². The van der Waals surface area contributed by atoms with Crippen LogP contribution in [0.15, 0.2) is 34.2 Å². The number of amides is 1. The fraction of sp³-hybridized carbons (Fsp3) is 0.375. The molecule has 0 atom stereocenters. The standard InChI is InChI=1S/C16H15F3N2OS/c17-16(18,19)12-8-4-1-5-10(12)9-13-14(22)21-15(23-13)20-11-6-2-3-7-11/h1,4-5,8-9,11H,2-3,6-7H2,(H,20,21,22). The highest BCUT2D eigenvalue weighted by atomic mass is 32.2. The Hall–Kier alpha value is -1.76. The van der Waals surface area contributed by atoms with E-state index in [1.54, 1.807) is 0 Å². The number of alkyl halides is 3. The second-order valence-electron chi connectivity index (χ2n) is 5.52. The molecule has 0 bridgehead atoms. The Bertz CT molecular complexity index is 676. The van der Waals surface area contributed by atoms with Gasteiger partial charge in [0, 0.05) is 0 Å². The highest BCUT2D eigenvalue weighted by Crippen LogP contribution is 2.35. The summed E-state index contributed by atoms with van der Waals surface area (Å²) in [6.07, 6.45) is 1.07. The van der Waals surface area contributed by atoms with Gasteiger partial charge < -0.3 is 5.32 Å². The zero-order valence-corrected chi connectivity index (χ0v) is 13.0. The molecule has 0 spiro atoms. The second kappa shape index (κ2) is 6.39. The highest BCUT2D eigenvalue weighted by molar-refractivity contribution is 8.18. The number of nitrogens with zero attached hydrogens (tertiary/aromatic N) is 1. The van der Waals surface area contributed by atoms with E-state index in [4.69, 9.17) is 0 Å². The average Bonchev–Trinajstić information content (AvgIpc) is 3.09. The smallest absolute Gasteiger partial charge is 0.301 e. The molecule has 1 saturated heterocycles. The summed E-state index contributed by atoms with van der Waals surface area (Å²) >= 11 is 1.10. The molecule has 3 rings (SSSR count). The minimum Gasteiger partial charge on any atom is -0.301 e. The first-order chi connectivity index (χ1) is 10.9. The number of amidine groups is 1. The van der Waals surface area contributed by atoms with Crippen molar-refractivity contribution in [1.29, 1.82) is 0 Å². The van der Waals surface area contributed by atoms with Crippen molar-refractivity contribution in [2.45, 2.75) is 37.9 Å². The van der Waals surface area contributed by atoms with Crippen LogP contribution in [0.3, 0.4) is 0 Å². The third-order valence-electron chi connectivity index (χ3n) is 3.83. The molecule has 7 heteroatoms. The number of hydrogen-bond acceptors (Lipinski definition) is 3. The van der Waals surface area contributed by atoms with Gasteiger partial charge in [0.1, 0.15) is 0 Å². The zero-order valence-electron chi connectivity index (χ0n) is 12.2. The Balaban J connectivity index is 1.85. The third kappa shape index (κ3) is 3.77. The molecule has 1 N–H and O–H groups in total. The van der Waals surface area contributed by atoms with Crippen LogP contribution in [-0.4, -0.2) is 17.1 Å². The van der Waals surface area contributed by atoms with Crippen molar-refractivity contribution >= 4 is 28.9 Å². The third-order valence-corrected chi connectivity index (χ3v) is 4.75. The van der Waals surface area contributed by atoms with Gasteiger partial charge in [0.05, 0.1) is 16.5 Å². The normalized spacial score (nSPS) is 23.0. The number of carbonyl (C=O) groups excluding carboxylic acids is 1. The van der Waals surface area contributed by atoms with Crippen LogP contribution in [0.5, 0.6) is 0 Å². The quantitative estimate of drug-likeness (QED) is 0.820. The van der Waals surface area contributed by atoms with Gasteiger partial charge in [0.15, 0.2) is 5.17 Å². The summed E-state index contributed by atoms with van der Waals surface area (Å²) in [7, 11) is 0. The average molecular weight is 340 g/mol. The van der Waals surface area contributed by atoms with E-state index >= 15 is 0 Å². The lowest BCUT2D eigenvalue weighted by atomic mass is 10.1. The lowest BCUT2D eigenvalue weighted by molar-refractivity contribution is -0.137. The molecule has 1 amide bonds. The fourth-order valence-electron chi connectivity index (χ4n) is 2.71. The molecule has 1 aliphatic heterocycles. The topological polar surface area (TPSA) is 41.5 Å². The van der Waals surface area contributed by atoms with Crippen LogP contribution in [0.4, 0.5) is 13.2 Å². The number of aliphatic imine (C=N–C) groups is 1. The van der Waals surface area contributed by atoms with Crippen molar-refractivity contribution in [3.63, 3.8) is 0 Å². The van der Waals surface area contributed by atoms with E-state index in [1.807, 2.05) is 0 Å². The van der Waals surface area contributed by atoms with Crippen LogP contribution in [0.2, 0.25) is 0 Å². The van der Waals surface area contributed by atoms with Crippen molar-refractivity contribution < 1.29 is 18.0 Å². The summed E-state index contributed by atoms with van der Waals surface area (Å²) < 4.78 is 39.0. The van der Waals surface area contributed by atoms with Gasteiger partial charge in [0.25, 0.3) is 5.91 Å². The number of halogens is 3. The molecule has 122 valence electrons. The maximum Gasteiger partial charge on any atom is 0.416 e. The molecule has 1 aromatic carbocycles. The molecule has 0 radical (unpaired) electrons. The van der Waals surface area contributed by atoms with E-state index in [0.29, 0.717) is 5.17 Å². The number of benzene rings is 1. The summed E-state index contributed by atoms with van der Waals surface area (Å²) in [4.78, 5) is 16.7. The van der Waals surface area contributed by atoms with E-state index in [-0.39, 0.29) is 16.5 Å². The first-order valence-electron chi connectivity index (χ1n) is 7.38. The molecule has 23 heavy (non-hydrogen) atoms. The predicted octanol–water partition coefficient (Wildman–Crippen LogP) is 4.21. The first-order valence-corrected chi connectivity index (χ1v) is 8.20. The van der Waals surface area contributed by atoms with Crippen LogP contribution < -0.4 is 5.32 Å². The molecule has 0 unspecified atom stereocenters. The van der Waals surface area contributed by atoms with Crippen LogP contribution in [0.25, 0.3) is 6.08 Å². The summed E-state index contributed by atoms with van der Waals surface area (Å²) in [5, 5.41) is 3.12. The minimum atomic E-state index is -4.45. The summed E-state index contributed by atoms with van der Waals surface area (Å²) in [6.45, 7) is 0. The first kappa shape index (κ1) is 16.1. The van der Waals surface area contributed by atoms with Crippen LogP contribution in [0.1, 0.15) is 36.8 Å². The summed E-state index contributed by atoms with van der Waals surface area (Å²) in [5.41, 5.74) is -0.762. The zero-order chi connectivity index (χ0) is 16.4. The molecule has 1 saturated carbocycles. The van der Waals surface area contributed by atoms with Gasteiger partial charge in [-0.05, 0) is 42.3 Å². The van der Waals surface area contributed by atoms with Gasteiger partial charge >= 0.3 is 6.18 Å². The lowest BCUT2D eigenvalue weighted by Gasteiger charge is -2.09. The van der Waals surface area contributed by atoms with E-state index in [0.717, 1.165) is 43.5 Å². The molecule has 3 nitrogen and oxygen atoms in total. The molecule has 0 aromatic heterocycles. The fourth-order valence-corrected chi connectivity index (χ4v) is 3.59. The maximum atomic E-state index is 13.0. The largest absolute Gasteiger partial charge is 0.416 e. The minimum absolute atomic E-state index is 0.0141. The number of thioether (sulfide) groups is 1. The van der Waals surface area contributed by atoms with Crippen molar-refractivity contribution in [2.75, 3.05) is 0 Å². The summed E-state index contributed by atoms with van der Waals surface area (Å²) in [5.74, 6) is -0.399. The van der Waals surface area contributed by atoms with E-state index < -0.39 is 17.6 Å². The Morgan fingerprint density at radius 2 is 1.91 bits per heavy atom.